The van der Waals surface area contributed by atoms with Gasteiger partial charge in [0.25, 0.3) is 0 Å². The quantitative estimate of drug-likeness (QED) is 0.628. The maximum absolute atomic E-state index is 12.4. The maximum atomic E-state index is 12.4. The molecule has 29 heavy (non-hydrogen) atoms. The van der Waals surface area contributed by atoms with Crippen LogP contribution in [-0.2, 0) is 4.79 Å². The van der Waals surface area contributed by atoms with Crippen molar-refractivity contribution in [3.8, 4) is 17.2 Å². The predicted octanol–water partition coefficient (Wildman–Crippen LogP) is 3.80. The van der Waals surface area contributed by atoms with E-state index in [1.807, 2.05) is 43.3 Å². The van der Waals surface area contributed by atoms with E-state index in [2.05, 4.69) is 5.32 Å². The number of likely N-dealkylation sites (N-methyl/N-ethyl adjacent to an activating group) is 1. The maximum Gasteiger partial charge on any atom is 0.244 e. The van der Waals surface area contributed by atoms with Crippen molar-refractivity contribution in [2.24, 2.45) is 0 Å². The highest BCUT2D eigenvalue weighted by atomic mass is 35.5. The van der Waals surface area contributed by atoms with Crippen LogP contribution in [0.4, 0.5) is 0 Å². The number of benzene rings is 2. The third kappa shape index (κ3) is 5.89. The number of ether oxygens (including phenoxy) is 3. The highest BCUT2D eigenvalue weighted by molar-refractivity contribution is 6.32. The lowest BCUT2D eigenvalue weighted by Gasteiger charge is -2.26. The second kappa shape index (κ2) is 10.7. The molecule has 1 unspecified atom stereocenters. The third-order valence-electron chi connectivity index (χ3n) is 4.47. The molecule has 0 bridgehead atoms. The Kier molecular flexibility index (Phi) is 8.36. The van der Waals surface area contributed by atoms with E-state index in [4.69, 9.17) is 25.8 Å². The molecular weight excluding hydrogens is 392 g/mol. The lowest BCUT2D eigenvalue weighted by molar-refractivity contribution is -0.116. The molecule has 0 aliphatic heterocycles. The summed E-state index contributed by atoms with van der Waals surface area (Å²) in [6.45, 7) is 0.434. The standard InChI is InChI=1S/C22H27ClN2O4/c1-25(2)18(16-8-6-7-9-19(16)27-3)14-24-21(26)11-10-15-12-17(23)22(29-5)20(13-15)28-4/h6-13,18H,14H2,1-5H3,(H,24,26)/b11-10+. The predicted molar refractivity (Wildman–Crippen MR) is 116 cm³/mol. The fourth-order valence-corrected chi connectivity index (χ4v) is 3.27. The largest absolute Gasteiger partial charge is 0.496 e. The van der Waals surface area contributed by atoms with Crippen LogP contribution in [0.3, 0.4) is 0 Å². The van der Waals surface area contributed by atoms with E-state index in [1.165, 1.54) is 20.3 Å². The van der Waals surface area contributed by atoms with Crippen LogP contribution in [-0.4, -0.2) is 52.8 Å². The molecule has 2 aromatic carbocycles. The van der Waals surface area contributed by atoms with Crippen molar-refractivity contribution in [1.29, 1.82) is 0 Å². The van der Waals surface area contributed by atoms with Gasteiger partial charge in [0.15, 0.2) is 11.5 Å². The first-order valence-corrected chi connectivity index (χ1v) is 9.45. The number of hydrogen-bond acceptors (Lipinski definition) is 5. The Labute approximate surface area is 177 Å². The van der Waals surface area contributed by atoms with Gasteiger partial charge in [-0.15, -0.1) is 0 Å². The van der Waals surface area contributed by atoms with Crippen molar-refractivity contribution in [2.45, 2.75) is 6.04 Å². The monoisotopic (exact) mass is 418 g/mol. The summed E-state index contributed by atoms with van der Waals surface area (Å²) in [4.78, 5) is 14.4. The van der Waals surface area contributed by atoms with Crippen LogP contribution >= 0.6 is 11.6 Å². The summed E-state index contributed by atoms with van der Waals surface area (Å²) >= 11 is 6.21. The van der Waals surface area contributed by atoms with E-state index in [1.54, 1.807) is 25.3 Å². The molecule has 0 spiro atoms. The van der Waals surface area contributed by atoms with Crippen LogP contribution in [0.5, 0.6) is 17.2 Å². The molecule has 1 atom stereocenters. The summed E-state index contributed by atoms with van der Waals surface area (Å²) < 4.78 is 16.0. The second-order valence-electron chi connectivity index (χ2n) is 6.54. The van der Waals surface area contributed by atoms with Crippen molar-refractivity contribution in [1.82, 2.24) is 10.2 Å². The number of halogens is 1. The number of carbonyl (C=O) groups excluding carboxylic acids is 1. The van der Waals surface area contributed by atoms with Crippen molar-refractivity contribution in [2.75, 3.05) is 42.0 Å². The zero-order valence-corrected chi connectivity index (χ0v) is 18.1. The zero-order valence-electron chi connectivity index (χ0n) is 17.4. The Morgan fingerprint density at radius 2 is 1.79 bits per heavy atom. The summed E-state index contributed by atoms with van der Waals surface area (Å²) in [6, 6.07) is 11.2. The number of rotatable bonds is 9. The van der Waals surface area contributed by atoms with Crippen molar-refractivity contribution in [3.05, 3.63) is 58.6 Å². The van der Waals surface area contributed by atoms with E-state index in [-0.39, 0.29) is 11.9 Å². The summed E-state index contributed by atoms with van der Waals surface area (Å²) in [5.74, 6) is 1.54. The Hall–Kier alpha value is -2.70. The normalized spacial score (nSPS) is 12.1. The van der Waals surface area contributed by atoms with Gasteiger partial charge in [-0.05, 0) is 43.9 Å². The molecule has 2 aromatic rings. The lowest BCUT2D eigenvalue weighted by Crippen LogP contribution is -2.33. The molecular formula is C22H27ClN2O4. The minimum atomic E-state index is -0.211. The summed E-state index contributed by atoms with van der Waals surface area (Å²) in [5.41, 5.74) is 1.74. The fraction of sp³-hybridized carbons (Fsp3) is 0.318. The number of amides is 1. The third-order valence-corrected chi connectivity index (χ3v) is 4.75. The number of para-hydroxylation sites is 1. The van der Waals surface area contributed by atoms with E-state index in [0.717, 1.165) is 16.9 Å². The minimum Gasteiger partial charge on any atom is -0.496 e. The molecule has 0 saturated carbocycles. The lowest BCUT2D eigenvalue weighted by atomic mass is 10.0. The highest BCUT2D eigenvalue weighted by Crippen LogP contribution is 2.36. The molecule has 6 nitrogen and oxygen atoms in total. The van der Waals surface area contributed by atoms with Crippen LogP contribution < -0.4 is 19.5 Å². The molecule has 0 aliphatic rings. The molecule has 1 amide bonds. The minimum absolute atomic E-state index is 0.0287. The number of nitrogens with zero attached hydrogens (tertiary/aromatic N) is 1. The first-order valence-electron chi connectivity index (χ1n) is 9.08. The van der Waals surface area contributed by atoms with Gasteiger partial charge in [-0.2, -0.15) is 0 Å². The van der Waals surface area contributed by atoms with Crippen LogP contribution in [0.15, 0.2) is 42.5 Å². The molecule has 0 fully saturated rings. The first-order chi connectivity index (χ1) is 13.9. The van der Waals surface area contributed by atoms with Crippen molar-refractivity contribution in [3.63, 3.8) is 0 Å². The number of methoxy groups -OCH3 is 3. The highest BCUT2D eigenvalue weighted by Gasteiger charge is 2.18. The molecule has 7 heteroatoms. The average Bonchev–Trinajstić information content (AvgIpc) is 2.71. The number of carbonyl (C=O) groups is 1. The van der Waals surface area contributed by atoms with Gasteiger partial charge in [0.05, 0.1) is 32.4 Å². The average molecular weight is 419 g/mol. The molecule has 0 aliphatic carbocycles. The Bertz CT molecular complexity index is 868. The molecule has 0 saturated heterocycles. The van der Waals surface area contributed by atoms with Crippen LogP contribution in [0, 0.1) is 0 Å². The van der Waals surface area contributed by atoms with Crippen molar-refractivity contribution >= 4 is 23.6 Å². The van der Waals surface area contributed by atoms with Gasteiger partial charge in [0.2, 0.25) is 5.91 Å². The molecule has 0 aromatic heterocycles. The SMILES string of the molecule is COc1ccccc1C(CNC(=O)/C=C/c1cc(Cl)c(OC)c(OC)c1)N(C)C. The molecule has 0 heterocycles. The van der Waals surface area contributed by atoms with Crippen LogP contribution in [0.2, 0.25) is 5.02 Å². The summed E-state index contributed by atoms with van der Waals surface area (Å²) in [6.07, 6.45) is 3.14. The van der Waals surface area contributed by atoms with E-state index >= 15 is 0 Å². The number of hydrogen-bond donors (Lipinski definition) is 1. The summed E-state index contributed by atoms with van der Waals surface area (Å²) in [5, 5.41) is 3.35. The molecule has 2 rings (SSSR count). The number of nitrogens with one attached hydrogen (secondary N) is 1. The van der Waals surface area contributed by atoms with Gasteiger partial charge in [0.1, 0.15) is 5.75 Å². The van der Waals surface area contributed by atoms with Gasteiger partial charge >= 0.3 is 0 Å². The van der Waals surface area contributed by atoms with E-state index in [0.29, 0.717) is 23.1 Å². The fourth-order valence-electron chi connectivity index (χ4n) is 2.97. The van der Waals surface area contributed by atoms with Gasteiger partial charge in [-0.25, -0.2) is 0 Å². The Morgan fingerprint density at radius 3 is 2.41 bits per heavy atom. The van der Waals surface area contributed by atoms with E-state index in [9.17, 15) is 4.79 Å². The van der Waals surface area contributed by atoms with Gasteiger partial charge in [-0.1, -0.05) is 29.8 Å². The Balaban J connectivity index is 2.09. The summed E-state index contributed by atoms with van der Waals surface area (Å²) in [7, 11) is 8.62. The second-order valence-corrected chi connectivity index (χ2v) is 6.95. The van der Waals surface area contributed by atoms with Crippen LogP contribution in [0.1, 0.15) is 17.2 Å². The van der Waals surface area contributed by atoms with Crippen LogP contribution in [0.25, 0.3) is 6.08 Å². The van der Waals surface area contributed by atoms with Crippen molar-refractivity contribution < 1.29 is 19.0 Å². The van der Waals surface area contributed by atoms with Gasteiger partial charge in [0, 0.05) is 18.2 Å². The smallest absolute Gasteiger partial charge is 0.244 e. The van der Waals surface area contributed by atoms with E-state index < -0.39 is 0 Å². The first kappa shape index (κ1) is 22.6. The molecule has 1 N–H and O–H groups in total. The molecule has 156 valence electrons. The topological polar surface area (TPSA) is 60.0 Å². The van der Waals surface area contributed by atoms with Gasteiger partial charge in [-0.3, -0.25) is 4.79 Å². The molecule has 0 radical (unpaired) electrons. The van der Waals surface area contributed by atoms with Gasteiger partial charge < -0.3 is 24.4 Å². The Morgan fingerprint density at radius 1 is 1.10 bits per heavy atom. The zero-order chi connectivity index (χ0) is 21.4.